The molecule has 184 valence electrons. The van der Waals surface area contributed by atoms with E-state index in [0.29, 0.717) is 21.0 Å². The van der Waals surface area contributed by atoms with Crippen LogP contribution in [-0.4, -0.2) is 23.4 Å². The van der Waals surface area contributed by atoms with Crippen LogP contribution in [0.15, 0.2) is 57.8 Å². The second-order valence-electron chi connectivity index (χ2n) is 7.37. The van der Waals surface area contributed by atoms with Gasteiger partial charge in [0.1, 0.15) is 16.6 Å². The Labute approximate surface area is 220 Å². The van der Waals surface area contributed by atoms with Crippen LogP contribution in [-0.2, 0) is 9.53 Å². The highest BCUT2D eigenvalue weighted by molar-refractivity contribution is 7.99. The number of hydrogen-bond acceptors (Lipinski definition) is 8. The number of ether oxygens (including phenoxy) is 1. The molecule has 2 aromatic carbocycles. The molecule has 11 heteroatoms. The molecule has 3 aromatic rings. The van der Waals surface area contributed by atoms with Gasteiger partial charge in [-0.1, -0.05) is 23.4 Å². The molecule has 1 heterocycles. The van der Waals surface area contributed by atoms with Gasteiger partial charge in [-0.05, 0) is 68.3 Å². The number of nitrogens with one attached hydrogen (secondary N) is 1. The zero-order chi connectivity index (χ0) is 26.4. The van der Waals surface area contributed by atoms with E-state index < -0.39 is 16.8 Å². The Morgan fingerprint density at radius 1 is 1.25 bits per heavy atom. The number of amides is 1. The number of aryl methyl sites for hydroxylation is 1. The first-order valence-electron chi connectivity index (χ1n) is 10.6. The van der Waals surface area contributed by atoms with E-state index in [9.17, 15) is 25.0 Å². The number of nitriles is 1. The van der Waals surface area contributed by atoms with Crippen LogP contribution in [0.3, 0.4) is 0 Å². The third kappa shape index (κ3) is 6.31. The molecule has 1 N–H and O–H groups in total. The number of thiophene rings is 1. The topological polar surface area (TPSA) is 122 Å². The number of anilines is 1. The van der Waals surface area contributed by atoms with Gasteiger partial charge in [0, 0.05) is 31.8 Å². The fourth-order valence-corrected chi connectivity index (χ4v) is 5.19. The molecule has 8 nitrogen and oxygen atoms in total. The van der Waals surface area contributed by atoms with E-state index in [2.05, 4.69) is 5.32 Å². The summed E-state index contributed by atoms with van der Waals surface area (Å²) in [4.78, 5) is 38.5. The van der Waals surface area contributed by atoms with Crippen molar-refractivity contribution in [2.24, 2.45) is 0 Å². The highest BCUT2D eigenvalue weighted by atomic mass is 35.5. The molecule has 0 aliphatic carbocycles. The number of rotatable bonds is 8. The molecule has 0 unspecified atom stereocenters. The second-order valence-corrected chi connectivity index (χ2v) is 10.1. The van der Waals surface area contributed by atoms with Gasteiger partial charge in [-0.25, -0.2) is 4.79 Å². The van der Waals surface area contributed by atoms with Crippen molar-refractivity contribution >= 4 is 63.3 Å². The minimum Gasteiger partial charge on any atom is -0.462 e. The number of esters is 1. The highest BCUT2D eigenvalue weighted by Gasteiger charge is 2.23. The molecule has 0 atom stereocenters. The summed E-state index contributed by atoms with van der Waals surface area (Å²) >= 11 is 8.45. The lowest BCUT2D eigenvalue weighted by Gasteiger charge is -2.09. The summed E-state index contributed by atoms with van der Waals surface area (Å²) in [6.45, 7) is 5.41. The molecule has 0 fully saturated rings. The number of non-ortho nitro benzene ring substituents is 1. The fraction of sp³-hybridized carbons (Fsp3) is 0.160. The summed E-state index contributed by atoms with van der Waals surface area (Å²) in [6, 6.07) is 13.1. The first-order chi connectivity index (χ1) is 17.1. The molecule has 1 amide bonds. The molecule has 0 bridgehead atoms. The summed E-state index contributed by atoms with van der Waals surface area (Å²) in [5.41, 5.74) is 0.761. The smallest absolute Gasteiger partial charge is 0.341 e. The normalized spacial score (nSPS) is 11.0. The van der Waals surface area contributed by atoms with Gasteiger partial charge in [-0.2, -0.15) is 5.26 Å². The van der Waals surface area contributed by atoms with Crippen molar-refractivity contribution in [3.05, 3.63) is 84.7 Å². The Bertz CT molecular complexity index is 1410. The first-order valence-corrected chi connectivity index (χ1v) is 12.6. The minimum atomic E-state index is -0.752. The number of halogens is 1. The Morgan fingerprint density at radius 3 is 2.56 bits per heavy atom. The molecule has 36 heavy (non-hydrogen) atoms. The molecular formula is C25H20ClN3O5S2. The number of hydrogen-bond donors (Lipinski definition) is 1. The quantitative estimate of drug-likeness (QED) is 0.109. The van der Waals surface area contributed by atoms with E-state index in [4.69, 9.17) is 16.3 Å². The number of carbonyl (C=O) groups is 2. The second kappa shape index (κ2) is 11.9. The maximum Gasteiger partial charge on any atom is 0.341 e. The van der Waals surface area contributed by atoms with Gasteiger partial charge in [0.15, 0.2) is 0 Å². The van der Waals surface area contributed by atoms with Gasteiger partial charge >= 0.3 is 5.97 Å². The zero-order valence-electron chi connectivity index (χ0n) is 19.5. The number of nitro groups is 1. The minimum absolute atomic E-state index is 0.171. The predicted molar refractivity (Wildman–Crippen MR) is 141 cm³/mol. The third-order valence-electron chi connectivity index (χ3n) is 5.00. The van der Waals surface area contributed by atoms with Crippen LogP contribution >= 0.6 is 34.7 Å². The summed E-state index contributed by atoms with van der Waals surface area (Å²) in [5.74, 6) is -1.32. The lowest BCUT2D eigenvalue weighted by molar-refractivity contribution is -0.384. The molecule has 0 radical (unpaired) electrons. The Kier molecular flexibility index (Phi) is 8.88. The van der Waals surface area contributed by atoms with Crippen molar-refractivity contribution in [2.75, 3.05) is 11.9 Å². The van der Waals surface area contributed by atoms with E-state index in [-0.39, 0.29) is 28.4 Å². The Balaban J connectivity index is 1.99. The highest BCUT2D eigenvalue weighted by Crippen LogP contribution is 2.36. The maximum atomic E-state index is 13.0. The van der Waals surface area contributed by atoms with E-state index in [0.717, 1.165) is 9.77 Å². The summed E-state index contributed by atoms with van der Waals surface area (Å²) in [5, 5.41) is 24.5. The fourth-order valence-electron chi connectivity index (χ4n) is 3.12. The van der Waals surface area contributed by atoms with Crippen LogP contribution in [0.1, 0.15) is 33.3 Å². The average molecular weight is 542 g/mol. The van der Waals surface area contributed by atoms with Crippen molar-refractivity contribution in [3.63, 3.8) is 0 Å². The third-order valence-corrected chi connectivity index (χ3v) is 7.48. The molecule has 0 saturated heterocycles. The number of carbonyl (C=O) groups excluding carboxylic acids is 2. The largest absolute Gasteiger partial charge is 0.462 e. The van der Waals surface area contributed by atoms with E-state index >= 15 is 0 Å². The van der Waals surface area contributed by atoms with Gasteiger partial charge in [0.25, 0.3) is 11.6 Å². The van der Waals surface area contributed by atoms with E-state index in [1.54, 1.807) is 44.2 Å². The number of nitro benzene ring substituents is 1. The van der Waals surface area contributed by atoms with Crippen LogP contribution in [0.2, 0.25) is 5.02 Å². The molecule has 0 aliphatic heterocycles. The van der Waals surface area contributed by atoms with Gasteiger partial charge in [-0.3, -0.25) is 14.9 Å². The Hall–Kier alpha value is -3.65. The molecular weight excluding hydrogens is 522 g/mol. The maximum absolute atomic E-state index is 13.0. The van der Waals surface area contributed by atoms with Crippen LogP contribution in [0, 0.1) is 35.3 Å². The standard InChI is InChI=1S/C25H20ClN3O5S2/c1-4-34-25(31)22-14(2)15(3)35-24(22)28-23(30)17(13-27)11-16-12-19(29(32)33)7-10-21(16)36-20-8-5-18(26)6-9-20/h5-12H,4H2,1-3H3,(H,28,30)/b17-11-. The van der Waals surface area contributed by atoms with Crippen LogP contribution in [0.4, 0.5) is 10.7 Å². The van der Waals surface area contributed by atoms with Gasteiger partial charge < -0.3 is 10.1 Å². The van der Waals surface area contributed by atoms with Crippen molar-refractivity contribution in [1.82, 2.24) is 0 Å². The number of benzene rings is 2. The van der Waals surface area contributed by atoms with Crippen molar-refractivity contribution in [1.29, 1.82) is 5.26 Å². The van der Waals surface area contributed by atoms with Gasteiger partial charge in [0.05, 0.1) is 17.1 Å². The first kappa shape index (κ1) is 26.9. The van der Waals surface area contributed by atoms with Gasteiger partial charge in [-0.15, -0.1) is 11.3 Å². The molecule has 0 aliphatic rings. The lowest BCUT2D eigenvalue weighted by atomic mass is 10.1. The average Bonchev–Trinajstić information content (AvgIpc) is 3.12. The van der Waals surface area contributed by atoms with E-state index in [1.807, 2.05) is 13.0 Å². The van der Waals surface area contributed by atoms with Gasteiger partial charge in [0.2, 0.25) is 0 Å². The summed E-state index contributed by atoms with van der Waals surface area (Å²) < 4.78 is 5.10. The monoisotopic (exact) mass is 541 g/mol. The predicted octanol–water partition coefficient (Wildman–Crippen LogP) is 6.80. The van der Waals surface area contributed by atoms with Crippen molar-refractivity contribution in [2.45, 2.75) is 30.6 Å². The van der Waals surface area contributed by atoms with Crippen LogP contribution < -0.4 is 5.32 Å². The van der Waals surface area contributed by atoms with Crippen molar-refractivity contribution < 1.29 is 19.2 Å². The number of nitrogens with zero attached hydrogens (tertiary/aromatic N) is 2. The lowest BCUT2D eigenvalue weighted by Crippen LogP contribution is -2.16. The summed E-state index contributed by atoms with van der Waals surface area (Å²) in [6.07, 6.45) is 1.29. The van der Waals surface area contributed by atoms with Crippen LogP contribution in [0.5, 0.6) is 0 Å². The SMILES string of the molecule is CCOC(=O)c1c(NC(=O)/C(C#N)=C\c2cc([N+](=O)[O-])ccc2Sc2ccc(Cl)cc2)sc(C)c1C. The molecule has 3 rings (SSSR count). The Morgan fingerprint density at radius 2 is 1.94 bits per heavy atom. The van der Waals surface area contributed by atoms with E-state index in [1.165, 1.54) is 41.3 Å². The zero-order valence-corrected chi connectivity index (χ0v) is 21.8. The molecule has 0 saturated carbocycles. The molecule has 0 spiro atoms. The van der Waals surface area contributed by atoms with Crippen molar-refractivity contribution in [3.8, 4) is 6.07 Å². The van der Waals surface area contributed by atoms with Crippen LogP contribution in [0.25, 0.3) is 6.08 Å². The summed E-state index contributed by atoms with van der Waals surface area (Å²) in [7, 11) is 0. The molecule has 1 aromatic heterocycles.